The second-order valence-corrected chi connectivity index (χ2v) is 22.7. The van der Waals surface area contributed by atoms with E-state index in [-0.39, 0.29) is 44.8 Å². The highest BCUT2D eigenvalue weighted by Crippen LogP contribution is 2.34. The molecular weight excluding hydrogens is 976 g/mol. The summed E-state index contributed by atoms with van der Waals surface area (Å²) in [6.45, 7) is -0.535. The molecule has 8 aromatic rings. The van der Waals surface area contributed by atoms with Gasteiger partial charge in [-0.25, -0.2) is 16.8 Å². The van der Waals surface area contributed by atoms with Gasteiger partial charge in [-0.3, -0.25) is 43.0 Å². The van der Waals surface area contributed by atoms with Crippen molar-refractivity contribution in [3.8, 4) is 11.5 Å². The zero-order valence-corrected chi connectivity index (χ0v) is 40.4. The van der Waals surface area contributed by atoms with E-state index in [2.05, 4.69) is 30.0 Å². The summed E-state index contributed by atoms with van der Waals surface area (Å²) in [5.74, 6) is -0.449. The summed E-state index contributed by atoms with van der Waals surface area (Å²) in [7, 11) is -8.07. The van der Waals surface area contributed by atoms with Crippen LogP contribution in [0.1, 0.15) is 11.1 Å². The second-order valence-electron chi connectivity index (χ2n) is 15.5. The van der Waals surface area contributed by atoms with Gasteiger partial charge < -0.3 is 20.8 Å². The van der Waals surface area contributed by atoms with Gasteiger partial charge in [0.05, 0.1) is 13.1 Å². The van der Waals surface area contributed by atoms with Crippen molar-refractivity contribution in [2.24, 2.45) is 0 Å². The highest BCUT2D eigenvalue weighted by molar-refractivity contribution is 7.92. The van der Waals surface area contributed by atoms with Crippen LogP contribution in [0.4, 0.5) is 11.4 Å². The summed E-state index contributed by atoms with van der Waals surface area (Å²) in [5.41, 5.74) is 3.64. The number of phenolic OH excluding ortho intramolecular Hbond substituents is 2. The smallest absolute Gasteiger partial charge is 0.321 e. The number of likely N-dealkylation sites (N-methyl/N-ethyl adjacent to an activating group) is 2. The molecule has 0 atom stereocenters. The Labute approximate surface area is 398 Å². The predicted octanol–water partition coefficient (Wildman–Crippen LogP) is 6.36. The van der Waals surface area contributed by atoms with Gasteiger partial charge in [-0.05, 0) is 109 Å². The third kappa shape index (κ3) is 11.7. The summed E-state index contributed by atoms with van der Waals surface area (Å²) in [4.78, 5) is 38.0. The van der Waals surface area contributed by atoms with Gasteiger partial charge in [0.15, 0.2) is 0 Å². The molecule has 8 rings (SSSR count). The van der Waals surface area contributed by atoms with E-state index in [0.29, 0.717) is 55.7 Å². The number of rotatable bonds is 20. The van der Waals surface area contributed by atoms with Crippen molar-refractivity contribution < 1.29 is 50.3 Å². The lowest BCUT2D eigenvalue weighted by Crippen LogP contribution is -2.29. The van der Waals surface area contributed by atoms with Crippen LogP contribution in [-0.2, 0) is 56.3 Å². The predicted molar refractivity (Wildman–Crippen MR) is 262 cm³/mol. The summed E-state index contributed by atoms with van der Waals surface area (Å²) in [6, 6.07) is 26.8. The molecule has 0 aliphatic rings. The highest BCUT2D eigenvalue weighted by Gasteiger charge is 2.21. The maximum absolute atomic E-state index is 13.1. The number of carbonyl (C=O) groups excluding carboxylic acids is 2. The zero-order chi connectivity index (χ0) is 48.2. The fraction of sp³-hybridized carbons (Fsp3) is 0.182. The van der Waals surface area contributed by atoms with Crippen LogP contribution in [0.15, 0.2) is 118 Å². The van der Waals surface area contributed by atoms with Crippen LogP contribution in [0.5, 0.6) is 11.5 Å². The Morgan fingerprint density at radius 3 is 1.49 bits per heavy atom. The molecule has 354 valence electrons. The van der Waals surface area contributed by atoms with Gasteiger partial charge >= 0.3 is 8.25 Å². The lowest BCUT2D eigenvalue weighted by Gasteiger charge is -2.18. The van der Waals surface area contributed by atoms with Crippen LogP contribution in [0.25, 0.3) is 42.0 Å². The Morgan fingerprint density at radius 1 is 0.632 bits per heavy atom. The number of benzene rings is 4. The van der Waals surface area contributed by atoms with Gasteiger partial charge in [-0.15, -0.1) is 22.7 Å². The number of amides is 2. The monoisotopic (exact) mass is 1020 g/mol. The number of thiophene rings is 2. The third-order valence-electron chi connectivity index (χ3n) is 10.3. The number of nitrogens with one attached hydrogen (secondary N) is 4. The minimum atomic E-state index is -4.14. The Morgan fingerprint density at radius 2 is 1.06 bits per heavy atom. The number of aromatic hydroxyl groups is 2. The molecule has 0 radical (unpaired) electrons. The molecule has 2 amide bonds. The molecule has 0 bridgehead atoms. The quantitative estimate of drug-likeness (QED) is 0.0359. The Kier molecular flexibility index (Phi) is 14.8. The van der Waals surface area contributed by atoms with Gasteiger partial charge in [-0.1, -0.05) is 24.3 Å². The van der Waals surface area contributed by atoms with Gasteiger partial charge in [-0.2, -0.15) is 9.44 Å². The molecule has 19 nitrogen and oxygen atoms in total. The molecule has 4 aromatic heterocycles. The van der Waals surface area contributed by atoms with Gasteiger partial charge in [0.25, 0.3) is 20.0 Å². The first-order chi connectivity index (χ1) is 32.5. The van der Waals surface area contributed by atoms with E-state index in [1.165, 1.54) is 12.1 Å². The molecule has 4 aromatic carbocycles. The normalized spacial score (nSPS) is 12.3. The number of nitrogens with zero attached hydrogens (tertiary/aromatic N) is 4. The Bertz CT molecular complexity index is 3240. The fourth-order valence-corrected chi connectivity index (χ4v) is 12.5. The van der Waals surface area contributed by atoms with Gasteiger partial charge in [0.1, 0.15) is 44.4 Å². The first-order valence-corrected chi connectivity index (χ1v) is 26.3. The van der Waals surface area contributed by atoms with Crippen LogP contribution in [0, 0.1) is 0 Å². The molecule has 24 heteroatoms. The average molecular weight is 1020 g/mol. The van der Waals surface area contributed by atoms with Crippen LogP contribution < -0.4 is 20.1 Å². The molecule has 0 unspecified atom stereocenters. The van der Waals surface area contributed by atoms with E-state index >= 15 is 0 Å². The summed E-state index contributed by atoms with van der Waals surface area (Å²) >= 11 is 1.94. The summed E-state index contributed by atoms with van der Waals surface area (Å²) in [5, 5.41) is 28.6. The molecule has 6 N–H and O–H groups in total. The van der Waals surface area contributed by atoms with Crippen LogP contribution in [-0.4, -0.2) is 99.3 Å². The SMILES string of the molecule is CN(CC(=O)Nc1ccc2sc(S(=O)(=O)NCO[PH](=O)OCNS(=O)(=O)c3cc4cc(NC(=O)CN(C)Cc5ccc(O)c6ncccc56)ccc4s3)cc2c1)Cc1ccc(O)c2ncccc12. The molecule has 0 fully saturated rings. The molecule has 0 spiro atoms. The minimum absolute atomic E-state index is 0.0468. The standard InChI is InChI=1S/C44H43N8O11PS4/c1-51(21-27-7-11-35(53)43-33(27)5-3-15-45-43)23-39(55)49-31-9-13-37-29(17-31)19-41(65-37)67(58,59)47-25-62-64(57)63-26-48-68(60,61)42-20-30-18-32(10-14-38(30)66-42)50-40(56)24-52(2)22-28-8-12-36(54)44-34(28)6-4-16-46-44/h3-20,47-48,53-54,64H,21-26H2,1-2H3,(H,49,55)(H,50,56). The van der Waals surface area contributed by atoms with E-state index in [1.807, 2.05) is 21.9 Å². The highest BCUT2D eigenvalue weighted by atomic mass is 32.3. The van der Waals surface area contributed by atoms with Gasteiger partial charge in [0, 0.05) is 57.0 Å². The van der Waals surface area contributed by atoms with Crippen molar-refractivity contribution in [1.82, 2.24) is 29.2 Å². The minimum Gasteiger partial charge on any atom is -0.506 e. The van der Waals surface area contributed by atoms with Crippen molar-refractivity contribution >= 4 is 116 Å². The Balaban J connectivity index is 0.771. The maximum Gasteiger partial charge on any atom is 0.321 e. The molecule has 0 aliphatic heterocycles. The molecule has 0 saturated carbocycles. The van der Waals surface area contributed by atoms with E-state index in [9.17, 15) is 41.2 Å². The van der Waals surface area contributed by atoms with Crippen LogP contribution in [0.3, 0.4) is 0 Å². The Hall–Kier alpha value is -5.95. The van der Waals surface area contributed by atoms with Crippen LogP contribution in [0.2, 0.25) is 0 Å². The number of hydrogen-bond acceptors (Lipinski definition) is 17. The zero-order valence-electron chi connectivity index (χ0n) is 36.1. The van der Waals surface area contributed by atoms with E-state index in [4.69, 9.17) is 9.05 Å². The average Bonchev–Trinajstić information content (AvgIpc) is 3.94. The number of anilines is 2. The second kappa shape index (κ2) is 20.7. The van der Waals surface area contributed by atoms with Gasteiger partial charge in [0.2, 0.25) is 11.8 Å². The topological polar surface area (TPSA) is 259 Å². The van der Waals surface area contributed by atoms with Crippen molar-refractivity contribution in [3.05, 3.63) is 121 Å². The molecular formula is C44H43N8O11PS4. The molecule has 68 heavy (non-hydrogen) atoms. The number of hydrogen-bond donors (Lipinski definition) is 6. The first-order valence-electron chi connectivity index (χ1n) is 20.5. The lowest BCUT2D eigenvalue weighted by atomic mass is 10.1. The van der Waals surface area contributed by atoms with Crippen LogP contribution >= 0.6 is 30.9 Å². The molecule has 4 heterocycles. The maximum atomic E-state index is 13.1. The first kappa shape index (κ1) is 48.5. The largest absolute Gasteiger partial charge is 0.506 e. The van der Waals surface area contributed by atoms with Crippen molar-refractivity contribution in [1.29, 1.82) is 0 Å². The third-order valence-corrected chi connectivity index (χ3v) is 17.0. The van der Waals surface area contributed by atoms with Crippen molar-refractivity contribution in [2.45, 2.75) is 21.5 Å². The van der Waals surface area contributed by atoms with E-state index < -0.39 is 41.8 Å². The number of carbonyl (C=O) groups is 2. The number of phenols is 2. The number of fused-ring (bicyclic) bond motifs is 4. The molecule has 0 aliphatic carbocycles. The number of aromatic nitrogens is 2. The summed E-state index contributed by atoms with van der Waals surface area (Å²) < 4.78 is 80.3. The molecule has 0 saturated heterocycles. The lowest BCUT2D eigenvalue weighted by molar-refractivity contribution is -0.118. The van der Waals surface area contributed by atoms with Crippen molar-refractivity contribution in [2.75, 3.05) is 51.3 Å². The number of pyridine rings is 2. The van der Waals surface area contributed by atoms with E-state index in [0.717, 1.165) is 44.6 Å². The number of sulfonamides is 2. The summed E-state index contributed by atoms with van der Waals surface area (Å²) in [6.07, 6.45) is 3.19. The van der Waals surface area contributed by atoms with E-state index in [1.54, 1.807) is 99.3 Å². The van der Waals surface area contributed by atoms with Crippen molar-refractivity contribution in [3.63, 3.8) is 0 Å². The fourth-order valence-electron chi connectivity index (χ4n) is 7.27.